The Labute approximate surface area is 196 Å². The van der Waals surface area contributed by atoms with Crippen LogP contribution in [-0.2, 0) is 13.0 Å². The van der Waals surface area contributed by atoms with Crippen molar-refractivity contribution in [3.8, 4) is 23.1 Å². The van der Waals surface area contributed by atoms with Crippen molar-refractivity contribution in [2.24, 2.45) is 0 Å². The molecule has 2 aromatic carbocycles. The van der Waals surface area contributed by atoms with Crippen LogP contribution in [0.1, 0.15) is 37.9 Å². The predicted molar refractivity (Wildman–Crippen MR) is 130 cm³/mol. The van der Waals surface area contributed by atoms with Gasteiger partial charge in [0.05, 0.1) is 29.7 Å². The third-order valence-corrected chi connectivity index (χ3v) is 6.02. The van der Waals surface area contributed by atoms with Crippen LogP contribution in [0.5, 0.6) is 17.4 Å². The van der Waals surface area contributed by atoms with E-state index in [1.807, 2.05) is 59.3 Å². The van der Waals surface area contributed by atoms with Crippen molar-refractivity contribution in [2.45, 2.75) is 51.3 Å². The maximum absolute atomic E-state index is 10.7. The third-order valence-electron chi connectivity index (χ3n) is 6.02. The highest BCUT2D eigenvalue weighted by Crippen LogP contribution is 2.36. The zero-order valence-electron chi connectivity index (χ0n) is 19.7. The molecule has 1 aliphatic rings. The number of aliphatic hydroxyl groups is 1. The van der Waals surface area contributed by atoms with E-state index in [1.54, 1.807) is 20.1 Å². The van der Waals surface area contributed by atoms with Gasteiger partial charge in [0.2, 0.25) is 5.88 Å². The van der Waals surface area contributed by atoms with E-state index in [2.05, 4.69) is 18.4 Å². The molecule has 1 unspecified atom stereocenters. The Morgan fingerprint density at radius 3 is 2.39 bits per heavy atom. The normalized spacial score (nSPS) is 15.3. The summed E-state index contributed by atoms with van der Waals surface area (Å²) in [6, 6.07) is 18.1. The van der Waals surface area contributed by atoms with Crippen molar-refractivity contribution in [1.82, 2.24) is 14.7 Å². The summed E-state index contributed by atoms with van der Waals surface area (Å²) in [5.74, 6) is 2.19. The molecule has 0 radical (unpaired) electrons. The van der Waals surface area contributed by atoms with Gasteiger partial charge in [-0.25, -0.2) is 4.68 Å². The lowest BCUT2D eigenvalue weighted by Gasteiger charge is -2.29. The first-order valence-corrected chi connectivity index (χ1v) is 11.5. The minimum Gasteiger partial charge on any atom is -0.497 e. The van der Waals surface area contributed by atoms with E-state index in [0.29, 0.717) is 30.8 Å². The lowest BCUT2D eigenvalue weighted by molar-refractivity contribution is 0.0549. The molecule has 0 saturated heterocycles. The van der Waals surface area contributed by atoms with Gasteiger partial charge in [-0.1, -0.05) is 31.2 Å². The molecule has 1 saturated carbocycles. The molecule has 1 heterocycles. The van der Waals surface area contributed by atoms with Gasteiger partial charge in [-0.3, -0.25) is 4.90 Å². The standard InChI is InChI=1S/C27H33N3O3/c1-5-25-24(18-29(20-12-13-20)19-27(3,31)6-2)26(30(28-25)21-10-8-7-9-11-21)33-23-16-14-22(32-4)15-17-23/h6-11,14-17,20,31H,2,5,12-13,18-19H2,1,3-4H3. The summed E-state index contributed by atoms with van der Waals surface area (Å²) in [6.45, 7) is 8.89. The molecule has 1 fully saturated rings. The Hall–Kier alpha value is -3.09. The SMILES string of the molecule is C=CC(C)(O)CN(Cc1c(CC)nn(-c2ccccc2)c1Oc1ccc(OC)cc1)C1CC1. The van der Waals surface area contributed by atoms with E-state index in [4.69, 9.17) is 14.6 Å². The molecule has 0 spiro atoms. The summed E-state index contributed by atoms with van der Waals surface area (Å²) in [5.41, 5.74) is 2.02. The first-order valence-electron chi connectivity index (χ1n) is 11.5. The van der Waals surface area contributed by atoms with Crippen molar-refractivity contribution in [3.63, 3.8) is 0 Å². The van der Waals surface area contributed by atoms with Crippen LogP contribution in [0.4, 0.5) is 0 Å². The largest absolute Gasteiger partial charge is 0.497 e. The molecular weight excluding hydrogens is 414 g/mol. The van der Waals surface area contributed by atoms with E-state index in [0.717, 1.165) is 42.0 Å². The summed E-state index contributed by atoms with van der Waals surface area (Å²) in [4.78, 5) is 2.33. The Morgan fingerprint density at radius 1 is 1.15 bits per heavy atom. The van der Waals surface area contributed by atoms with Gasteiger partial charge in [0.25, 0.3) is 0 Å². The molecule has 1 N–H and O–H groups in total. The number of methoxy groups -OCH3 is 1. The van der Waals surface area contributed by atoms with Gasteiger partial charge in [-0.05, 0) is 62.6 Å². The first-order chi connectivity index (χ1) is 15.9. The molecule has 174 valence electrons. The number of ether oxygens (including phenoxy) is 2. The van der Waals surface area contributed by atoms with Gasteiger partial charge in [0.15, 0.2) is 0 Å². The number of hydrogen-bond donors (Lipinski definition) is 1. The van der Waals surface area contributed by atoms with Crippen LogP contribution >= 0.6 is 0 Å². The van der Waals surface area contributed by atoms with Crippen molar-refractivity contribution >= 4 is 0 Å². The molecule has 1 aromatic heterocycles. The fourth-order valence-corrected chi connectivity index (χ4v) is 3.96. The smallest absolute Gasteiger partial charge is 0.227 e. The summed E-state index contributed by atoms with van der Waals surface area (Å²) in [7, 11) is 1.65. The Kier molecular flexibility index (Phi) is 6.86. The molecule has 3 aromatic rings. The Balaban J connectivity index is 1.75. The van der Waals surface area contributed by atoms with Crippen molar-refractivity contribution in [3.05, 3.63) is 78.5 Å². The second-order valence-corrected chi connectivity index (χ2v) is 8.81. The fourth-order valence-electron chi connectivity index (χ4n) is 3.96. The number of aromatic nitrogens is 2. The Morgan fingerprint density at radius 2 is 1.82 bits per heavy atom. The molecule has 6 heteroatoms. The highest BCUT2D eigenvalue weighted by atomic mass is 16.5. The van der Waals surface area contributed by atoms with E-state index in [9.17, 15) is 5.11 Å². The maximum atomic E-state index is 10.7. The fraction of sp³-hybridized carbons (Fsp3) is 0.370. The molecule has 0 aliphatic heterocycles. The van der Waals surface area contributed by atoms with Crippen molar-refractivity contribution in [1.29, 1.82) is 0 Å². The van der Waals surface area contributed by atoms with Crippen LogP contribution in [0.25, 0.3) is 5.69 Å². The number of nitrogens with zero attached hydrogens (tertiary/aromatic N) is 3. The van der Waals surface area contributed by atoms with Crippen molar-refractivity contribution in [2.75, 3.05) is 13.7 Å². The van der Waals surface area contributed by atoms with Gasteiger partial charge in [-0.15, -0.1) is 6.58 Å². The highest BCUT2D eigenvalue weighted by molar-refractivity contribution is 5.44. The van der Waals surface area contributed by atoms with Gasteiger partial charge >= 0.3 is 0 Å². The molecule has 0 bridgehead atoms. The lowest BCUT2D eigenvalue weighted by Crippen LogP contribution is -2.40. The minimum atomic E-state index is -0.957. The third kappa shape index (κ3) is 5.46. The van der Waals surface area contributed by atoms with Gasteiger partial charge in [0, 0.05) is 19.1 Å². The van der Waals surface area contributed by atoms with E-state index in [1.165, 1.54) is 0 Å². The molecule has 4 rings (SSSR count). The summed E-state index contributed by atoms with van der Waals surface area (Å²) in [5, 5.41) is 15.6. The van der Waals surface area contributed by atoms with E-state index < -0.39 is 5.60 Å². The molecule has 33 heavy (non-hydrogen) atoms. The summed E-state index contributed by atoms with van der Waals surface area (Å²) < 4.78 is 13.6. The van der Waals surface area contributed by atoms with Gasteiger partial charge in [0.1, 0.15) is 11.5 Å². The minimum absolute atomic E-state index is 0.454. The molecular formula is C27H33N3O3. The number of benzene rings is 2. The van der Waals surface area contributed by atoms with Crippen LogP contribution in [0.2, 0.25) is 0 Å². The van der Waals surface area contributed by atoms with Crippen LogP contribution in [-0.4, -0.2) is 45.1 Å². The lowest BCUT2D eigenvalue weighted by atomic mass is 10.1. The zero-order valence-corrected chi connectivity index (χ0v) is 19.7. The van der Waals surface area contributed by atoms with Gasteiger partial charge < -0.3 is 14.6 Å². The maximum Gasteiger partial charge on any atom is 0.227 e. The quantitative estimate of drug-likeness (QED) is 0.413. The first kappa shape index (κ1) is 23.1. The van der Waals surface area contributed by atoms with Crippen molar-refractivity contribution < 1.29 is 14.6 Å². The molecule has 0 amide bonds. The average molecular weight is 448 g/mol. The highest BCUT2D eigenvalue weighted by Gasteiger charge is 2.35. The molecule has 6 nitrogen and oxygen atoms in total. The average Bonchev–Trinajstić information content (AvgIpc) is 3.63. The number of rotatable bonds is 11. The zero-order chi connectivity index (χ0) is 23.4. The van der Waals surface area contributed by atoms with Crippen LogP contribution < -0.4 is 9.47 Å². The van der Waals surface area contributed by atoms with Crippen LogP contribution in [0.3, 0.4) is 0 Å². The van der Waals surface area contributed by atoms with E-state index in [-0.39, 0.29) is 0 Å². The topological polar surface area (TPSA) is 59.8 Å². The van der Waals surface area contributed by atoms with Crippen LogP contribution in [0.15, 0.2) is 67.3 Å². The number of hydrogen-bond acceptors (Lipinski definition) is 5. The van der Waals surface area contributed by atoms with Gasteiger partial charge in [-0.2, -0.15) is 5.10 Å². The monoisotopic (exact) mass is 447 g/mol. The van der Waals surface area contributed by atoms with E-state index >= 15 is 0 Å². The summed E-state index contributed by atoms with van der Waals surface area (Å²) in [6.07, 6.45) is 4.67. The number of aryl methyl sites for hydroxylation is 1. The Bertz CT molecular complexity index is 1070. The van der Waals surface area contributed by atoms with Crippen LogP contribution in [0, 0.1) is 0 Å². The second-order valence-electron chi connectivity index (χ2n) is 8.81. The molecule has 1 aliphatic carbocycles. The predicted octanol–water partition coefficient (Wildman–Crippen LogP) is 5.14. The summed E-state index contributed by atoms with van der Waals surface area (Å²) >= 11 is 0. The molecule has 1 atom stereocenters. The number of para-hydroxylation sites is 1. The second kappa shape index (κ2) is 9.81.